The van der Waals surface area contributed by atoms with Gasteiger partial charge in [0, 0.05) is 0 Å². The third-order valence-electron chi connectivity index (χ3n) is 0.988. The molecule has 8 heteroatoms. The molecular weight excluding hydrogens is 168 g/mol. The van der Waals surface area contributed by atoms with Gasteiger partial charge in [0.2, 0.25) is 0 Å². The predicted octanol–water partition coefficient (Wildman–Crippen LogP) is -0.729. The number of aromatic nitrogens is 3. The lowest BCUT2D eigenvalue weighted by Gasteiger charge is -1.85. The van der Waals surface area contributed by atoms with Gasteiger partial charge in [0.05, 0.1) is 5.10 Å². The summed E-state index contributed by atoms with van der Waals surface area (Å²) in [6.45, 7) is -0.478. The molecule has 0 aromatic carbocycles. The summed E-state index contributed by atoms with van der Waals surface area (Å²) in [6, 6.07) is 0. The Labute approximate surface area is 65.6 Å². The number of hydrogen-bond acceptors (Lipinski definition) is 5. The number of aliphatic carboxylic acids is 1. The third kappa shape index (κ3) is 1.75. The molecular formula is C4H4N4O4. The fourth-order valence-corrected chi connectivity index (χ4v) is 0.569. The predicted molar refractivity (Wildman–Crippen MR) is 34.3 cm³/mol. The van der Waals surface area contributed by atoms with Crippen molar-refractivity contribution in [3.8, 4) is 0 Å². The third-order valence-corrected chi connectivity index (χ3v) is 0.988. The van der Waals surface area contributed by atoms with Gasteiger partial charge >= 0.3 is 11.8 Å². The molecule has 12 heavy (non-hydrogen) atoms. The van der Waals surface area contributed by atoms with Crippen LogP contribution in [0.3, 0.4) is 0 Å². The normalized spacial score (nSPS) is 9.67. The van der Waals surface area contributed by atoms with Gasteiger partial charge in [0.1, 0.15) is 0 Å². The van der Waals surface area contributed by atoms with Gasteiger partial charge in [-0.25, -0.2) is 0 Å². The van der Waals surface area contributed by atoms with Crippen molar-refractivity contribution in [2.24, 2.45) is 0 Å². The Balaban J connectivity index is 2.77. The number of rotatable bonds is 3. The number of carboxylic acids is 1. The van der Waals surface area contributed by atoms with E-state index in [0.29, 0.717) is 0 Å². The molecule has 0 atom stereocenters. The largest absolute Gasteiger partial charge is 0.480 e. The van der Waals surface area contributed by atoms with Gasteiger partial charge in [0.15, 0.2) is 12.7 Å². The van der Waals surface area contributed by atoms with E-state index in [1.807, 2.05) is 0 Å². The first-order chi connectivity index (χ1) is 5.59. The second-order valence-corrected chi connectivity index (χ2v) is 1.88. The van der Waals surface area contributed by atoms with Gasteiger partial charge in [-0.2, -0.15) is 0 Å². The lowest BCUT2D eigenvalue weighted by atomic mass is 10.7. The molecule has 0 amide bonds. The van der Waals surface area contributed by atoms with Gasteiger partial charge in [-0.15, -0.1) is 5.10 Å². The number of nitrogens with zero attached hydrogens (tertiary/aromatic N) is 4. The van der Waals surface area contributed by atoms with Crippen molar-refractivity contribution < 1.29 is 14.8 Å². The maximum Gasteiger partial charge on any atom is 0.410 e. The first-order valence-corrected chi connectivity index (χ1v) is 2.86. The zero-order valence-electron chi connectivity index (χ0n) is 5.75. The highest BCUT2D eigenvalue weighted by Gasteiger charge is 2.13. The van der Waals surface area contributed by atoms with Gasteiger partial charge in [-0.1, -0.05) is 4.80 Å². The molecule has 1 rings (SSSR count). The van der Waals surface area contributed by atoms with E-state index in [1.54, 1.807) is 0 Å². The maximum atomic E-state index is 10.1. The summed E-state index contributed by atoms with van der Waals surface area (Å²) in [6.07, 6.45) is 0.892. The lowest BCUT2D eigenvalue weighted by Crippen LogP contribution is -2.11. The van der Waals surface area contributed by atoms with Crippen LogP contribution < -0.4 is 0 Å². The molecule has 1 N–H and O–H groups in total. The fraction of sp³-hybridized carbons (Fsp3) is 0.250. The molecule has 8 nitrogen and oxygen atoms in total. The van der Waals surface area contributed by atoms with Crippen LogP contribution in [-0.4, -0.2) is 31.0 Å². The van der Waals surface area contributed by atoms with Gasteiger partial charge in [-0.3, -0.25) is 4.79 Å². The van der Waals surface area contributed by atoms with Crippen LogP contribution in [0.1, 0.15) is 0 Å². The van der Waals surface area contributed by atoms with Crippen LogP contribution >= 0.6 is 0 Å². The Bertz CT molecular complexity index is 319. The second kappa shape index (κ2) is 2.95. The minimum absolute atomic E-state index is 0.462. The Morgan fingerprint density at radius 2 is 2.50 bits per heavy atom. The standard InChI is InChI=1S/C4H4N4O4/c9-4(10)2-7-5-1-3(6-7)8(11)12/h1H,2H2,(H,9,10). The quantitative estimate of drug-likeness (QED) is 0.475. The maximum absolute atomic E-state index is 10.1. The molecule has 1 heterocycles. The SMILES string of the molecule is O=C(O)Cn1ncc([N+](=O)[O-])n1. The van der Waals surface area contributed by atoms with Crippen LogP contribution in [0.25, 0.3) is 0 Å². The molecule has 1 aromatic heterocycles. The summed E-state index contributed by atoms with van der Waals surface area (Å²) in [5.41, 5.74) is 0. The van der Waals surface area contributed by atoms with E-state index < -0.39 is 23.3 Å². The van der Waals surface area contributed by atoms with Gasteiger partial charge in [-0.05, 0) is 4.92 Å². The van der Waals surface area contributed by atoms with Crippen molar-refractivity contribution in [2.45, 2.75) is 6.54 Å². The molecule has 0 radical (unpaired) electrons. The zero-order valence-corrected chi connectivity index (χ0v) is 5.75. The van der Waals surface area contributed by atoms with Crippen molar-refractivity contribution in [3.63, 3.8) is 0 Å². The number of nitro groups is 1. The lowest BCUT2D eigenvalue weighted by molar-refractivity contribution is -0.389. The van der Waals surface area contributed by atoms with Crippen LogP contribution in [0.2, 0.25) is 0 Å². The Morgan fingerprint density at radius 3 is 2.92 bits per heavy atom. The van der Waals surface area contributed by atoms with E-state index in [2.05, 4.69) is 10.2 Å². The molecule has 1 aromatic rings. The van der Waals surface area contributed by atoms with Crippen LogP contribution in [0, 0.1) is 10.1 Å². The molecule has 0 bridgehead atoms. The van der Waals surface area contributed by atoms with Crippen molar-refractivity contribution in [3.05, 3.63) is 16.3 Å². The number of hydrogen-bond donors (Lipinski definition) is 1. The van der Waals surface area contributed by atoms with Crippen LogP contribution in [0.15, 0.2) is 6.20 Å². The highest BCUT2D eigenvalue weighted by atomic mass is 16.6. The molecule has 0 saturated heterocycles. The Hall–Kier alpha value is -1.99. The van der Waals surface area contributed by atoms with E-state index in [1.165, 1.54) is 0 Å². The number of carbonyl (C=O) groups is 1. The number of carboxylic acid groups (broad SMARTS) is 1. The minimum atomic E-state index is -1.15. The summed E-state index contributed by atoms with van der Waals surface area (Å²) >= 11 is 0. The van der Waals surface area contributed by atoms with E-state index in [-0.39, 0.29) is 0 Å². The molecule has 0 unspecified atom stereocenters. The highest BCUT2D eigenvalue weighted by molar-refractivity contribution is 5.66. The summed E-state index contributed by atoms with van der Waals surface area (Å²) in [5, 5.41) is 24.9. The van der Waals surface area contributed by atoms with Crippen LogP contribution in [-0.2, 0) is 11.3 Å². The van der Waals surface area contributed by atoms with E-state index >= 15 is 0 Å². The van der Waals surface area contributed by atoms with E-state index in [0.717, 1.165) is 11.0 Å². The monoisotopic (exact) mass is 172 g/mol. The fourth-order valence-electron chi connectivity index (χ4n) is 0.569. The molecule has 0 fully saturated rings. The summed E-state index contributed by atoms with van der Waals surface area (Å²) < 4.78 is 0. The van der Waals surface area contributed by atoms with Crippen molar-refractivity contribution in [1.82, 2.24) is 15.0 Å². The molecule has 0 aliphatic rings. The van der Waals surface area contributed by atoms with Crippen molar-refractivity contribution in [1.29, 1.82) is 0 Å². The molecule has 0 saturated carbocycles. The zero-order chi connectivity index (χ0) is 9.14. The smallest absolute Gasteiger partial charge is 0.410 e. The average Bonchev–Trinajstić information content (AvgIpc) is 2.34. The van der Waals surface area contributed by atoms with E-state index in [4.69, 9.17) is 5.11 Å². The van der Waals surface area contributed by atoms with Gasteiger partial charge < -0.3 is 15.2 Å². The Morgan fingerprint density at radius 1 is 1.83 bits per heavy atom. The first-order valence-electron chi connectivity index (χ1n) is 2.86. The van der Waals surface area contributed by atoms with E-state index in [9.17, 15) is 14.9 Å². The van der Waals surface area contributed by atoms with Crippen LogP contribution in [0.5, 0.6) is 0 Å². The molecule has 64 valence electrons. The van der Waals surface area contributed by atoms with Crippen LogP contribution in [0.4, 0.5) is 5.82 Å². The Kier molecular flexibility index (Phi) is 1.99. The highest BCUT2D eigenvalue weighted by Crippen LogP contribution is 2.01. The summed E-state index contributed by atoms with van der Waals surface area (Å²) in [5.74, 6) is -1.61. The van der Waals surface area contributed by atoms with Gasteiger partial charge in [0.25, 0.3) is 0 Å². The topological polar surface area (TPSA) is 111 Å². The van der Waals surface area contributed by atoms with Crippen molar-refractivity contribution >= 4 is 11.8 Å². The first kappa shape index (κ1) is 8.11. The summed E-state index contributed by atoms with van der Waals surface area (Å²) in [4.78, 5) is 20.1. The minimum Gasteiger partial charge on any atom is -0.480 e. The molecule has 0 aliphatic heterocycles. The van der Waals surface area contributed by atoms with Crippen molar-refractivity contribution in [2.75, 3.05) is 0 Å². The molecule has 0 spiro atoms. The molecule has 0 aliphatic carbocycles. The summed E-state index contributed by atoms with van der Waals surface area (Å²) in [7, 11) is 0. The second-order valence-electron chi connectivity index (χ2n) is 1.88. The average molecular weight is 172 g/mol.